The summed E-state index contributed by atoms with van der Waals surface area (Å²) in [4.78, 5) is 27.8. The average Bonchev–Trinajstić information content (AvgIpc) is 2.94. The molecule has 0 atom stereocenters. The molecule has 1 saturated heterocycles. The van der Waals surface area contributed by atoms with Gasteiger partial charge in [-0.2, -0.15) is 0 Å². The monoisotopic (exact) mass is 303 g/mol. The summed E-state index contributed by atoms with van der Waals surface area (Å²) in [6, 6.07) is 1.93. The first-order valence-corrected chi connectivity index (χ1v) is 7.45. The van der Waals surface area contributed by atoms with Crippen molar-refractivity contribution in [3.63, 3.8) is 0 Å². The Morgan fingerprint density at radius 2 is 1.95 bits per heavy atom. The largest absolute Gasteiger partial charge is 0.444 e. The van der Waals surface area contributed by atoms with Crippen LogP contribution in [0.3, 0.4) is 0 Å². The second-order valence-electron chi connectivity index (χ2n) is 6.39. The van der Waals surface area contributed by atoms with E-state index in [4.69, 9.17) is 4.74 Å². The lowest BCUT2D eigenvalue weighted by Crippen LogP contribution is -2.50. The van der Waals surface area contributed by atoms with Crippen LogP contribution in [-0.2, 0) is 4.74 Å². The molecule has 0 bridgehead atoms. The summed E-state index contributed by atoms with van der Waals surface area (Å²) in [6.45, 7) is 8.34. The summed E-state index contributed by atoms with van der Waals surface area (Å²) in [7, 11) is 0. The summed E-state index contributed by atoms with van der Waals surface area (Å²) in [6.07, 6.45) is 3.19. The Labute approximate surface area is 129 Å². The van der Waals surface area contributed by atoms with E-state index in [0.717, 1.165) is 29.9 Å². The van der Waals surface area contributed by atoms with E-state index in [1.165, 1.54) is 0 Å². The second kappa shape index (κ2) is 5.47. The first kappa shape index (κ1) is 14.6. The van der Waals surface area contributed by atoms with Crippen molar-refractivity contribution < 1.29 is 9.53 Å². The van der Waals surface area contributed by atoms with Crippen LogP contribution in [0.4, 0.5) is 10.6 Å². The van der Waals surface area contributed by atoms with Crippen molar-refractivity contribution in [2.75, 3.05) is 31.1 Å². The molecule has 1 aliphatic heterocycles. The standard InChI is InChI=1S/C15H21N5O2/c1-15(2,3)22-14(21)20-8-6-19(7-9-20)13-12-11(4-5-16-12)17-10-18-13/h4-5,10,16H,6-9H2,1-3H3. The van der Waals surface area contributed by atoms with E-state index >= 15 is 0 Å². The number of rotatable bonds is 1. The van der Waals surface area contributed by atoms with Crippen LogP contribution < -0.4 is 4.90 Å². The van der Waals surface area contributed by atoms with Gasteiger partial charge in [-0.1, -0.05) is 0 Å². The maximum absolute atomic E-state index is 12.1. The van der Waals surface area contributed by atoms with Crippen LogP contribution in [0, 0.1) is 0 Å². The molecule has 1 N–H and O–H groups in total. The van der Waals surface area contributed by atoms with E-state index in [-0.39, 0.29) is 6.09 Å². The van der Waals surface area contributed by atoms with Gasteiger partial charge in [0.1, 0.15) is 17.4 Å². The molecule has 1 fully saturated rings. The van der Waals surface area contributed by atoms with Crippen molar-refractivity contribution in [1.29, 1.82) is 0 Å². The molecule has 3 heterocycles. The van der Waals surface area contributed by atoms with Gasteiger partial charge in [-0.3, -0.25) is 0 Å². The topological polar surface area (TPSA) is 74.3 Å². The molecular weight excluding hydrogens is 282 g/mol. The molecule has 0 aliphatic carbocycles. The Bertz CT molecular complexity index is 668. The van der Waals surface area contributed by atoms with Crippen LogP contribution in [0.25, 0.3) is 11.0 Å². The highest BCUT2D eigenvalue weighted by Crippen LogP contribution is 2.22. The Balaban J connectivity index is 1.67. The number of piperazine rings is 1. The predicted octanol–water partition coefficient (Wildman–Crippen LogP) is 2.01. The molecule has 0 unspecified atom stereocenters. The molecule has 2 aromatic heterocycles. The minimum absolute atomic E-state index is 0.250. The molecule has 3 rings (SSSR count). The van der Waals surface area contributed by atoms with E-state index in [9.17, 15) is 4.79 Å². The fourth-order valence-electron chi connectivity index (χ4n) is 2.53. The van der Waals surface area contributed by atoms with Gasteiger partial charge in [-0.15, -0.1) is 0 Å². The number of nitrogens with zero attached hydrogens (tertiary/aromatic N) is 4. The van der Waals surface area contributed by atoms with Crippen LogP contribution in [0.2, 0.25) is 0 Å². The van der Waals surface area contributed by atoms with E-state index < -0.39 is 5.60 Å². The number of amides is 1. The van der Waals surface area contributed by atoms with Gasteiger partial charge in [0.05, 0.1) is 5.52 Å². The summed E-state index contributed by atoms with van der Waals surface area (Å²) in [5, 5.41) is 0. The molecular formula is C15H21N5O2. The lowest BCUT2D eigenvalue weighted by molar-refractivity contribution is 0.0240. The Kier molecular flexibility index (Phi) is 3.64. The van der Waals surface area contributed by atoms with Crippen molar-refractivity contribution in [1.82, 2.24) is 19.9 Å². The predicted molar refractivity (Wildman–Crippen MR) is 83.9 cm³/mol. The Hall–Kier alpha value is -2.31. The molecule has 118 valence electrons. The van der Waals surface area contributed by atoms with Crippen molar-refractivity contribution in [2.24, 2.45) is 0 Å². The van der Waals surface area contributed by atoms with Gasteiger partial charge in [-0.25, -0.2) is 14.8 Å². The van der Waals surface area contributed by atoms with E-state index in [1.54, 1.807) is 11.2 Å². The number of hydrogen-bond donors (Lipinski definition) is 1. The third kappa shape index (κ3) is 2.98. The lowest BCUT2D eigenvalue weighted by Gasteiger charge is -2.36. The molecule has 22 heavy (non-hydrogen) atoms. The van der Waals surface area contributed by atoms with Gasteiger partial charge in [-0.05, 0) is 26.8 Å². The molecule has 0 radical (unpaired) electrons. The molecule has 0 saturated carbocycles. The zero-order chi connectivity index (χ0) is 15.7. The van der Waals surface area contributed by atoms with Gasteiger partial charge >= 0.3 is 6.09 Å². The molecule has 7 nitrogen and oxygen atoms in total. The van der Waals surface area contributed by atoms with Crippen molar-refractivity contribution in [3.8, 4) is 0 Å². The number of anilines is 1. The molecule has 1 aliphatic rings. The average molecular weight is 303 g/mol. The van der Waals surface area contributed by atoms with E-state index in [1.807, 2.05) is 33.0 Å². The van der Waals surface area contributed by atoms with Gasteiger partial charge in [0.15, 0.2) is 5.82 Å². The number of carbonyl (C=O) groups excluding carboxylic acids is 1. The molecule has 0 spiro atoms. The normalized spacial score (nSPS) is 16.1. The van der Waals surface area contributed by atoms with E-state index in [2.05, 4.69) is 19.9 Å². The van der Waals surface area contributed by atoms with Crippen LogP contribution >= 0.6 is 0 Å². The number of carbonyl (C=O) groups is 1. The third-order valence-corrected chi connectivity index (χ3v) is 3.56. The first-order valence-electron chi connectivity index (χ1n) is 7.45. The number of fused-ring (bicyclic) bond motifs is 1. The van der Waals surface area contributed by atoms with Gasteiger partial charge in [0.25, 0.3) is 0 Å². The molecule has 1 amide bonds. The minimum atomic E-state index is -0.461. The quantitative estimate of drug-likeness (QED) is 0.872. The Morgan fingerprint density at radius 1 is 1.23 bits per heavy atom. The first-order chi connectivity index (χ1) is 10.4. The highest BCUT2D eigenvalue weighted by atomic mass is 16.6. The number of aromatic nitrogens is 3. The number of nitrogens with one attached hydrogen (secondary N) is 1. The van der Waals surface area contributed by atoms with Crippen molar-refractivity contribution in [2.45, 2.75) is 26.4 Å². The van der Waals surface area contributed by atoms with Crippen LogP contribution in [0.1, 0.15) is 20.8 Å². The van der Waals surface area contributed by atoms with Gasteiger partial charge in [0, 0.05) is 32.4 Å². The van der Waals surface area contributed by atoms with E-state index in [0.29, 0.717) is 13.1 Å². The number of H-pyrrole nitrogens is 1. The summed E-state index contributed by atoms with van der Waals surface area (Å²) >= 11 is 0. The fraction of sp³-hybridized carbons (Fsp3) is 0.533. The smallest absolute Gasteiger partial charge is 0.410 e. The fourth-order valence-corrected chi connectivity index (χ4v) is 2.53. The molecule has 0 aromatic carbocycles. The van der Waals surface area contributed by atoms with Gasteiger partial charge < -0.3 is 19.5 Å². The zero-order valence-corrected chi connectivity index (χ0v) is 13.2. The summed E-state index contributed by atoms with van der Waals surface area (Å²) in [5.41, 5.74) is 1.38. The zero-order valence-electron chi connectivity index (χ0n) is 13.2. The number of ether oxygens (including phenoxy) is 1. The minimum Gasteiger partial charge on any atom is -0.444 e. The summed E-state index contributed by atoms with van der Waals surface area (Å²) < 4.78 is 5.41. The van der Waals surface area contributed by atoms with Crippen molar-refractivity contribution >= 4 is 22.9 Å². The third-order valence-electron chi connectivity index (χ3n) is 3.56. The highest BCUT2D eigenvalue weighted by Gasteiger charge is 2.27. The number of hydrogen-bond acceptors (Lipinski definition) is 5. The maximum atomic E-state index is 12.1. The molecule has 7 heteroatoms. The van der Waals surface area contributed by atoms with Crippen LogP contribution in [0.5, 0.6) is 0 Å². The SMILES string of the molecule is CC(C)(C)OC(=O)N1CCN(c2ncnc3cc[nH]c23)CC1. The lowest BCUT2D eigenvalue weighted by atomic mass is 10.2. The molecule has 2 aromatic rings. The highest BCUT2D eigenvalue weighted by molar-refractivity contribution is 5.86. The maximum Gasteiger partial charge on any atom is 0.410 e. The van der Waals surface area contributed by atoms with Gasteiger partial charge in [0.2, 0.25) is 0 Å². The number of aromatic amines is 1. The van der Waals surface area contributed by atoms with Crippen molar-refractivity contribution in [3.05, 3.63) is 18.6 Å². The Morgan fingerprint density at radius 3 is 2.64 bits per heavy atom. The van der Waals surface area contributed by atoms with Crippen LogP contribution in [0.15, 0.2) is 18.6 Å². The second-order valence-corrected chi connectivity index (χ2v) is 6.39. The van der Waals surface area contributed by atoms with Crippen LogP contribution in [-0.4, -0.2) is 57.7 Å². The summed E-state index contributed by atoms with van der Waals surface area (Å²) in [5.74, 6) is 0.888.